The zero-order chi connectivity index (χ0) is 21.6. The van der Waals surface area contributed by atoms with Crippen molar-refractivity contribution < 1.29 is 19.4 Å². The Labute approximate surface area is 181 Å². The molecule has 1 spiro atoms. The molecule has 3 aliphatic heterocycles. The summed E-state index contributed by atoms with van der Waals surface area (Å²) in [6.07, 6.45) is 2.05. The fraction of sp³-hybridized carbons (Fsp3) is 0.417. The molecule has 31 heavy (non-hydrogen) atoms. The SMILES string of the molecule is CCOc1cccc2c1OC1(CCN(C(C)=O)CC1)N1N=C(c3cccc(O)c3)CC21. The minimum absolute atomic E-state index is 0.0189. The lowest BCUT2D eigenvalue weighted by molar-refractivity contribution is -0.159. The summed E-state index contributed by atoms with van der Waals surface area (Å²) in [6, 6.07) is 13.3. The Morgan fingerprint density at radius 2 is 2.03 bits per heavy atom. The molecule has 7 nitrogen and oxygen atoms in total. The molecule has 1 unspecified atom stereocenters. The van der Waals surface area contributed by atoms with E-state index in [1.807, 2.05) is 36.1 Å². The van der Waals surface area contributed by atoms with Crippen molar-refractivity contribution in [2.75, 3.05) is 19.7 Å². The molecule has 1 saturated heterocycles. The number of para-hydroxylation sites is 1. The maximum absolute atomic E-state index is 11.9. The van der Waals surface area contributed by atoms with Crippen LogP contribution in [0.15, 0.2) is 47.6 Å². The van der Waals surface area contributed by atoms with E-state index in [9.17, 15) is 9.90 Å². The molecule has 1 N–H and O–H groups in total. The number of amides is 1. The van der Waals surface area contributed by atoms with E-state index in [0.29, 0.717) is 39.0 Å². The van der Waals surface area contributed by atoms with Crippen molar-refractivity contribution in [2.24, 2.45) is 5.10 Å². The molecular formula is C24H27N3O4. The third-order valence-electron chi connectivity index (χ3n) is 6.46. The van der Waals surface area contributed by atoms with Crippen LogP contribution in [0.25, 0.3) is 0 Å². The van der Waals surface area contributed by atoms with E-state index in [1.165, 1.54) is 0 Å². The van der Waals surface area contributed by atoms with Crippen LogP contribution in [-0.4, -0.2) is 52.1 Å². The number of phenols is 1. The van der Waals surface area contributed by atoms with Gasteiger partial charge in [-0.3, -0.25) is 4.79 Å². The Balaban J connectivity index is 1.57. The number of carbonyl (C=O) groups excluding carboxylic acids is 1. The first kappa shape index (κ1) is 19.7. The number of rotatable bonds is 3. The van der Waals surface area contributed by atoms with Crippen molar-refractivity contribution in [3.8, 4) is 17.2 Å². The van der Waals surface area contributed by atoms with E-state index in [1.54, 1.807) is 19.1 Å². The average Bonchev–Trinajstić information content (AvgIpc) is 3.22. The van der Waals surface area contributed by atoms with E-state index < -0.39 is 5.72 Å². The number of piperidine rings is 1. The number of hydrogen-bond acceptors (Lipinski definition) is 6. The number of benzene rings is 2. The van der Waals surface area contributed by atoms with E-state index in [-0.39, 0.29) is 17.7 Å². The number of hydrazone groups is 1. The molecule has 1 amide bonds. The molecule has 0 saturated carbocycles. The van der Waals surface area contributed by atoms with Gasteiger partial charge in [0.15, 0.2) is 11.5 Å². The summed E-state index contributed by atoms with van der Waals surface area (Å²) in [5.74, 6) is 1.85. The lowest BCUT2D eigenvalue weighted by atomic mass is 9.90. The molecule has 3 aliphatic rings. The van der Waals surface area contributed by atoms with Crippen molar-refractivity contribution in [1.29, 1.82) is 0 Å². The summed E-state index contributed by atoms with van der Waals surface area (Å²) in [5.41, 5.74) is 2.26. The summed E-state index contributed by atoms with van der Waals surface area (Å²) < 4.78 is 12.6. The van der Waals surface area contributed by atoms with Gasteiger partial charge in [-0.1, -0.05) is 24.3 Å². The molecule has 7 heteroatoms. The summed E-state index contributed by atoms with van der Waals surface area (Å²) in [4.78, 5) is 13.8. The van der Waals surface area contributed by atoms with Crippen LogP contribution < -0.4 is 9.47 Å². The number of ether oxygens (including phenoxy) is 2. The largest absolute Gasteiger partial charge is 0.508 e. The van der Waals surface area contributed by atoms with Crippen LogP contribution in [0.3, 0.4) is 0 Å². The molecule has 1 fully saturated rings. The quantitative estimate of drug-likeness (QED) is 0.819. The number of nitrogens with zero attached hydrogens (tertiary/aromatic N) is 3. The van der Waals surface area contributed by atoms with Crippen LogP contribution in [0.5, 0.6) is 17.2 Å². The molecular weight excluding hydrogens is 394 g/mol. The number of aromatic hydroxyl groups is 1. The summed E-state index contributed by atoms with van der Waals surface area (Å²) >= 11 is 0. The second-order valence-corrected chi connectivity index (χ2v) is 8.32. The van der Waals surface area contributed by atoms with Crippen molar-refractivity contribution in [3.05, 3.63) is 53.6 Å². The van der Waals surface area contributed by atoms with Gasteiger partial charge in [0.25, 0.3) is 0 Å². The summed E-state index contributed by atoms with van der Waals surface area (Å²) in [7, 11) is 0. The third kappa shape index (κ3) is 3.28. The molecule has 1 atom stereocenters. The Morgan fingerprint density at radius 1 is 1.26 bits per heavy atom. The Bertz CT molecular complexity index is 1040. The zero-order valence-corrected chi connectivity index (χ0v) is 17.9. The lowest BCUT2D eigenvalue weighted by Crippen LogP contribution is -2.59. The standard InChI is InChI=1S/C24H27N3O4/c1-3-30-22-9-5-8-19-21-15-20(17-6-4-7-18(29)14-17)25-27(21)24(31-23(19)22)10-12-26(13-11-24)16(2)28/h4-9,14,21,29H,3,10-13,15H2,1-2H3. The molecule has 162 valence electrons. The van der Waals surface area contributed by atoms with Crippen LogP contribution in [0.2, 0.25) is 0 Å². The molecule has 2 aromatic rings. The van der Waals surface area contributed by atoms with Crippen molar-refractivity contribution >= 4 is 11.6 Å². The van der Waals surface area contributed by atoms with Crippen LogP contribution in [-0.2, 0) is 4.79 Å². The topological polar surface area (TPSA) is 74.6 Å². The van der Waals surface area contributed by atoms with Crippen molar-refractivity contribution in [2.45, 2.75) is 44.9 Å². The number of hydrogen-bond donors (Lipinski definition) is 1. The smallest absolute Gasteiger partial charge is 0.219 e. The van der Waals surface area contributed by atoms with Crippen LogP contribution >= 0.6 is 0 Å². The first-order chi connectivity index (χ1) is 15.0. The molecule has 0 aliphatic carbocycles. The van der Waals surface area contributed by atoms with E-state index >= 15 is 0 Å². The van der Waals surface area contributed by atoms with E-state index in [4.69, 9.17) is 14.6 Å². The Kier molecular flexibility index (Phi) is 4.76. The minimum Gasteiger partial charge on any atom is -0.508 e. The van der Waals surface area contributed by atoms with Gasteiger partial charge in [0.2, 0.25) is 11.6 Å². The Hall–Kier alpha value is -3.22. The molecule has 0 bridgehead atoms. The minimum atomic E-state index is -0.630. The fourth-order valence-corrected chi connectivity index (χ4v) is 4.90. The monoisotopic (exact) mass is 421 g/mol. The molecule has 0 aromatic heterocycles. The normalized spacial score (nSPS) is 21.2. The molecule has 2 aromatic carbocycles. The maximum atomic E-state index is 11.9. The Morgan fingerprint density at radius 3 is 2.74 bits per heavy atom. The van der Waals surface area contributed by atoms with Gasteiger partial charge in [-0.2, -0.15) is 5.10 Å². The third-order valence-corrected chi connectivity index (χ3v) is 6.46. The summed E-state index contributed by atoms with van der Waals surface area (Å²) in [5, 5.41) is 17.1. The van der Waals surface area contributed by atoms with Gasteiger partial charge in [-0.05, 0) is 25.1 Å². The van der Waals surface area contributed by atoms with Crippen molar-refractivity contribution in [3.63, 3.8) is 0 Å². The molecule has 3 heterocycles. The molecule has 5 rings (SSSR count). The number of likely N-dealkylation sites (tertiary alicyclic amines) is 1. The van der Waals surface area contributed by atoms with Crippen molar-refractivity contribution in [1.82, 2.24) is 9.91 Å². The summed E-state index contributed by atoms with van der Waals surface area (Å²) in [6.45, 7) is 5.39. The number of carbonyl (C=O) groups is 1. The maximum Gasteiger partial charge on any atom is 0.219 e. The number of fused-ring (bicyclic) bond motifs is 4. The first-order valence-corrected chi connectivity index (χ1v) is 10.9. The van der Waals surface area contributed by atoms with E-state index in [0.717, 1.165) is 28.3 Å². The van der Waals surface area contributed by atoms with Crippen LogP contribution in [0.1, 0.15) is 50.3 Å². The van der Waals surface area contributed by atoms with Gasteiger partial charge in [-0.25, -0.2) is 5.01 Å². The highest BCUT2D eigenvalue weighted by Crippen LogP contribution is 2.52. The van der Waals surface area contributed by atoms with Gasteiger partial charge < -0.3 is 19.5 Å². The first-order valence-electron chi connectivity index (χ1n) is 10.9. The second kappa shape index (κ2) is 7.48. The fourth-order valence-electron chi connectivity index (χ4n) is 4.90. The van der Waals surface area contributed by atoms with Crippen LogP contribution in [0.4, 0.5) is 0 Å². The number of phenolic OH excluding ortho intramolecular Hbond substituents is 1. The zero-order valence-electron chi connectivity index (χ0n) is 17.9. The van der Waals surface area contributed by atoms with Gasteiger partial charge in [0.05, 0.1) is 18.4 Å². The highest BCUT2D eigenvalue weighted by Gasteiger charge is 2.52. The molecule has 0 radical (unpaired) electrons. The predicted molar refractivity (Wildman–Crippen MR) is 116 cm³/mol. The van der Waals surface area contributed by atoms with Gasteiger partial charge >= 0.3 is 0 Å². The van der Waals surface area contributed by atoms with Crippen LogP contribution in [0, 0.1) is 0 Å². The average molecular weight is 421 g/mol. The van der Waals surface area contributed by atoms with E-state index in [2.05, 4.69) is 11.1 Å². The van der Waals surface area contributed by atoms with Gasteiger partial charge in [-0.15, -0.1) is 0 Å². The van der Waals surface area contributed by atoms with Gasteiger partial charge in [0, 0.05) is 50.4 Å². The lowest BCUT2D eigenvalue weighted by Gasteiger charge is -2.51. The second-order valence-electron chi connectivity index (χ2n) is 8.32. The van der Waals surface area contributed by atoms with Gasteiger partial charge in [0.1, 0.15) is 5.75 Å². The highest BCUT2D eigenvalue weighted by molar-refractivity contribution is 6.02. The highest BCUT2D eigenvalue weighted by atomic mass is 16.6. The predicted octanol–water partition coefficient (Wildman–Crippen LogP) is 3.67.